The van der Waals surface area contributed by atoms with E-state index in [-0.39, 0.29) is 18.4 Å². The first kappa shape index (κ1) is 13.3. The second-order valence-corrected chi connectivity index (χ2v) is 4.38. The minimum atomic E-state index is -0.169. The number of phenolic OH excluding ortho intramolecular Hbond substituents is 1. The number of phenols is 1. The zero-order valence-electron chi connectivity index (χ0n) is 9.11. The summed E-state index contributed by atoms with van der Waals surface area (Å²) in [7, 11) is 1.49. The Morgan fingerprint density at radius 3 is 2.75 bits per heavy atom. The number of hydrogen-bond acceptors (Lipinski definition) is 4. The second-order valence-electron chi connectivity index (χ2n) is 3.53. The van der Waals surface area contributed by atoms with Crippen LogP contribution in [-0.2, 0) is 0 Å². The van der Waals surface area contributed by atoms with E-state index in [9.17, 15) is 5.11 Å². The van der Waals surface area contributed by atoms with E-state index in [1.54, 1.807) is 12.1 Å². The summed E-state index contributed by atoms with van der Waals surface area (Å²) in [5.41, 5.74) is 6.82. The first-order valence-corrected chi connectivity index (χ1v) is 5.82. The van der Waals surface area contributed by atoms with Gasteiger partial charge in [0.2, 0.25) is 0 Å². The molecule has 90 valence electrons. The van der Waals surface area contributed by atoms with Crippen molar-refractivity contribution in [3.8, 4) is 11.5 Å². The first-order valence-electron chi connectivity index (χ1n) is 5.03. The molecule has 1 aromatic carbocycles. The van der Waals surface area contributed by atoms with E-state index in [2.05, 4.69) is 15.9 Å². The van der Waals surface area contributed by atoms with Crippen LogP contribution in [0.15, 0.2) is 16.6 Å². The Hall–Kier alpha value is -0.780. The highest BCUT2D eigenvalue weighted by molar-refractivity contribution is 9.10. The minimum absolute atomic E-state index is 0.0700. The van der Waals surface area contributed by atoms with Crippen LogP contribution in [0.25, 0.3) is 0 Å². The number of halogens is 1. The normalized spacial score (nSPS) is 12.5. The van der Waals surface area contributed by atoms with E-state index in [0.29, 0.717) is 23.1 Å². The highest BCUT2D eigenvalue weighted by Gasteiger charge is 2.12. The molecule has 0 radical (unpaired) electrons. The van der Waals surface area contributed by atoms with Gasteiger partial charge >= 0.3 is 0 Å². The lowest BCUT2D eigenvalue weighted by Crippen LogP contribution is -2.11. The molecule has 0 saturated heterocycles. The van der Waals surface area contributed by atoms with Crippen molar-refractivity contribution < 1.29 is 14.9 Å². The van der Waals surface area contributed by atoms with Gasteiger partial charge in [-0.3, -0.25) is 0 Å². The largest absolute Gasteiger partial charge is 0.503 e. The van der Waals surface area contributed by atoms with Gasteiger partial charge in [0, 0.05) is 12.6 Å². The van der Waals surface area contributed by atoms with Gasteiger partial charge in [0.15, 0.2) is 11.5 Å². The average molecular weight is 290 g/mol. The van der Waals surface area contributed by atoms with Crippen LogP contribution in [0.1, 0.15) is 24.4 Å². The van der Waals surface area contributed by atoms with E-state index in [1.165, 1.54) is 7.11 Å². The molecular formula is C11H16BrNO3. The summed E-state index contributed by atoms with van der Waals surface area (Å²) in [5.74, 6) is 0.462. The fraction of sp³-hybridized carbons (Fsp3) is 0.455. The van der Waals surface area contributed by atoms with E-state index in [4.69, 9.17) is 15.6 Å². The summed E-state index contributed by atoms with van der Waals surface area (Å²) in [6, 6.07) is 3.31. The first-order chi connectivity index (χ1) is 7.60. The van der Waals surface area contributed by atoms with Crippen LogP contribution in [0.3, 0.4) is 0 Å². The molecule has 0 aliphatic carbocycles. The highest BCUT2D eigenvalue weighted by atomic mass is 79.9. The molecule has 16 heavy (non-hydrogen) atoms. The quantitative estimate of drug-likeness (QED) is 0.774. The minimum Gasteiger partial charge on any atom is -0.503 e. The van der Waals surface area contributed by atoms with Crippen molar-refractivity contribution in [1.29, 1.82) is 0 Å². The highest BCUT2D eigenvalue weighted by Crippen LogP contribution is 2.37. The third-order valence-electron chi connectivity index (χ3n) is 2.37. The van der Waals surface area contributed by atoms with E-state index >= 15 is 0 Å². The van der Waals surface area contributed by atoms with Gasteiger partial charge in [-0.15, -0.1) is 0 Å². The predicted molar refractivity (Wildman–Crippen MR) is 65.6 cm³/mol. The summed E-state index contributed by atoms with van der Waals surface area (Å²) in [4.78, 5) is 0. The fourth-order valence-corrected chi connectivity index (χ4v) is 1.90. The van der Waals surface area contributed by atoms with Gasteiger partial charge < -0.3 is 20.7 Å². The maximum Gasteiger partial charge on any atom is 0.172 e. The van der Waals surface area contributed by atoms with Crippen LogP contribution >= 0.6 is 15.9 Å². The zero-order valence-corrected chi connectivity index (χ0v) is 10.7. The summed E-state index contributed by atoms with van der Waals surface area (Å²) in [5, 5.41) is 18.4. The van der Waals surface area contributed by atoms with Crippen molar-refractivity contribution in [2.24, 2.45) is 5.73 Å². The summed E-state index contributed by atoms with van der Waals surface area (Å²) in [6.07, 6.45) is 1.35. The van der Waals surface area contributed by atoms with Gasteiger partial charge in [-0.2, -0.15) is 0 Å². The molecule has 0 saturated carbocycles. The van der Waals surface area contributed by atoms with Gasteiger partial charge in [0.05, 0.1) is 11.6 Å². The number of ether oxygens (including phenoxy) is 1. The zero-order chi connectivity index (χ0) is 12.1. The Morgan fingerprint density at radius 1 is 1.50 bits per heavy atom. The molecular weight excluding hydrogens is 274 g/mol. The molecule has 0 aliphatic rings. The van der Waals surface area contributed by atoms with Crippen LogP contribution in [-0.4, -0.2) is 23.9 Å². The molecule has 4 N–H and O–H groups in total. The number of hydrogen-bond donors (Lipinski definition) is 3. The number of rotatable bonds is 5. The molecule has 0 amide bonds. The molecule has 0 heterocycles. The smallest absolute Gasteiger partial charge is 0.172 e. The third-order valence-corrected chi connectivity index (χ3v) is 2.98. The van der Waals surface area contributed by atoms with E-state index < -0.39 is 0 Å². The van der Waals surface area contributed by atoms with Crippen molar-refractivity contribution in [3.05, 3.63) is 22.2 Å². The van der Waals surface area contributed by atoms with E-state index in [0.717, 1.165) is 5.56 Å². The Morgan fingerprint density at radius 2 is 2.19 bits per heavy atom. The van der Waals surface area contributed by atoms with Crippen molar-refractivity contribution in [2.75, 3.05) is 13.7 Å². The Labute approximate surface area is 103 Å². The molecule has 0 aliphatic heterocycles. The summed E-state index contributed by atoms with van der Waals surface area (Å²) < 4.78 is 5.59. The lowest BCUT2D eigenvalue weighted by Gasteiger charge is -2.14. The topological polar surface area (TPSA) is 75.7 Å². The fourth-order valence-electron chi connectivity index (χ4n) is 1.44. The van der Waals surface area contributed by atoms with Crippen LogP contribution in [0.4, 0.5) is 0 Å². The number of benzene rings is 1. The molecule has 1 rings (SSSR count). The van der Waals surface area contributed by atoms with Crippen molar-refractivity contribution in [2.45, 2.75) is 18.9 Å². The predicted octanol–water partition coefficient (Wildman–Crippen LogP) is 1.94. The van der Waals surface area contributed by atoms with Crippen molar-refractivity contribution in [3.63, 3.8) is 0 Å². The lowest BCUT2D eigenvalue weighted by atomic mass is 10.0. The summed E-state index contributed by atoms with van der Waals surface area (Å²) in [6.45, 7) is 0.129. The number of aromatic hydroxyl groups is 1. The number of aliphatic hydroxyl groups excluding tert-OH is 1. The molecule has 0 unspecified atom stereocenters. The molecule has 0 fully saturated rings. The standard InChI is InChI=1S/C11H16BrNO3/c1-16-10-6-7(5-8(12)11(10)15)9(13)3-2-4-14/h5-6,9,14-15H,2-4,13H2,1H3/t9-/m1/s1. The van der Waals surface area contributed by atoms with Gasteiger partial charge in [-0.1, -0.05) is 0 Å². The van der Waals surface area contributed by atoms with Gasteiger partial charge in [0.1, 0.15) is 0 Å². The molecule has 1 aromatic rings. The Balaban J connectivity index is 2.92. The van der Waals surface area contributed by atoms with Crippen molar-refractivity contribution in [1.82, 2.24) is 0 Å². The maximum atomic E-state index is 9.63. The monoisotopic (exact) mass is 289 g/mol. The second kappa shape index (κ2) is 6.08. The molecule has 1 atom stereocenters. The molecule has 0 bridgehead atoms. The van der Waals surface area contributed by atoms with Crippen LogP contribution < -0.4 is 10.5 Å². The van der Waals surface area contributed by atoms with Crippen LogP contribution in [0, 0.1) is 0 Å². The van der Waals surface area contributed by atoms with Gasteiger partial charge in [-0.05, 0) is 46.5 Å². The number of nitrogens with two attached hydrogens (primary N) is 1. The molecule has 4 nitrogen and oxygen atoms in total. The SMILES string of the molecule is COc1cc([C@H](N)CCCO)cc(Br)c1O. The molecule has 5 heteroatoms. The maximum absolute atomic E-state index is 9.63. The lowest BCUT2D eigenvalue weighted by molar-refractivity contribution is 0.280. The average Bonchev–Trinajstić information content (AvgIpc) is 2.29. The van der Waals surface area contributed by atoms with Crippen LogP contribution in [0.5, 0.6) is 11.5 Å². The van der Waals surface area contributed by atoms with E-state index in [1.807, 2.05) is 0 Å². The Bertz CT molecular complexity index is 357. The molecule has 0 spiro atoms. The molecule has 0 aromatic heterocycles. The van der Waals surface area contributed by atoms with Gasteiger partial charge in [-0.25, -0.2) is 0 Å². The summed E-state index contributed by atoms with van der Waals surface area (Å²) >= 11 is 3.24. The van der Waals surface area contributed by atoms with Crippen molar-refractivity contribution >= 4 is 15.9 Å². The third kappa shape index (κ3) is 3.10. The number of aliphatic hydroxyl groups is 1. The number of methoxy groups -OCH3 is 1. The van der Waals surface area contributed by atoms with Crippen LogP contribution in [0.2, 0.25) is 0 Å². The van der Waals surface area contributed by atoms with Gasteiger partial charge in [0.25, 0.3) is 0 Å². The Kier molecular flexibility index (Phi) is 5.05.